The standard InChI is InChI=1S/C18H19BrO/c1-10-6-12(3)16(9-11(10)2)18(20)15-7-13(4)17(19)14(5)8-15/h6-9H,1-5H3. The molecule has 2 rings (SSSR count). The highest BCUT2D eigenvalue weighted by atomic mass is 79.9. The van der Waals surface area contributed by atoms with Crippen LogP contribution in [0, 0.1) is 34.6 Å². The Balaban J connectivity index is 2.55. The second-order valence-electron chi connectivity index (χ2n) is 5.50. The molecular formula is C18H19BrO. The second kappa shape index (κ2) is 5.53. The number of halogens is 1. The lowest BCUT2D eigenvalue weighted by atomic mass is 9.93. The molecule has 0 heterocycles. The van der Waals surface area contributed by atoms with Crippen LogP contribution in [0.15, 0.2) is 28.7 Å². The zero-order valence-electron chi connectivity index (χ0n) is 12.6. The summed E-state index contributed by atoms with van der Waals surface area (Å²) in [5.41, 5.74) is 7.16. The molecule has 0 bridgehead atoms. The van der Waals surface area contributed by atoms with Gasteiger partial charge in [-0.05, 0) is 80.6 Å². The van der Waals surface area contributed by atoms with Gasteiger partial charge in [-0.25, -0.2) is 0 Å². The Morgan fingerprint density at radius 2 is 1.25 bits per heavy atom. The topological polar surface area (TPSA) is 17.1 Å². The molecule has 2 aromatic rings. The van der Waals surface area contributed by atoms with E-state index in [-0.39, 0.29) is 5.78 Å². The van der Waals surface area contributed by atoms with Crippen LogP contribution in [0.3, 0.4) is 0 Å². The fourth-order valence-electron chi connectivity index (χ4n) is 2.44. The molecule has 0 radical (unpaired) electrons. The van der Waals surface area contributed by atoms with E-state index in [1.165, 1.54) is 5.56 Å². The number of carbonyl (C=O) groups excluding carboxylic acids is 1. The van der Waals surface area contributed by atoms with E-state index in [0.29, 0.717) is 0 Å². The Hall–Kier alpha value is -1.41. The molecule has 0 aromatic heterocycles. The summed E-state index contributed by atoms with van der Waals surface area (Å²) in [5.74, 6) is 0.101. The Kier molecular flexibility index (Phi) is 4.14. The van der Waals surface area contributed by atoms with Gasteiger partial charge in [-0.15, -0.1) is 0 Å². The number of ketones is 1. The van der Waals surface area contributed by atoms with Crippen LogP contribution >= 0.6 is 15.9 Å². The minimum Gasteiger partial charge on any atom is -0.289 e. The van der Waals surface area contributed by atoms with E-state index in [9.17, 15) is 4.79 Å². The van der Waals surface area contributed by atoms with Crippen LogP contribution in [0.4, 0.5) is 0 Å². The highest BCUT2D eigenvalue weighted by molar-refractivity contribution is 9.10. The average Bonchev–Trinajstić information content (AvgIpc) is 2.38. The van der Waals surface area contributed by atoms with Crippen LogP contribution < -0.4 is 0 Å². The van der Waals surface area contributed by atoms with Gasteiger partial charge in [-0.1, -0.05) is 22.0 Å². The first kappa shape index (κ1) is 15.0. The SMILES string of the molecule is Cc1cc(C)c(C(=O)c2cc(C)c(Br)c(C)c2)cc1C. The Bertz CT molecular complexity index is 676. The Labute approximate surface area is 129 Å². The van der Waals surface area contributed by atoms with E-state index in [1.807, 2.05) is 45.9 Å². The van der Waals surface area contributed by atoms with Crippen LogP contribution in [0.2, 0.25) is 0 Å². The molecule has 20 heavy (non-hydrogen) atoms. The van der Waals surface area contributed by atoms with Gasteiger partial charge in [0.15, 0.2) is 5.78 Å². The van der Waals surface area contributed by atoms with E-state index in [0.717, 1.165) is 37.9 Å². The lowest BCUT2D eigenvalue weighted by Gasteiger charge is -2.11. The predicted octanol–water partition coefficient (Wildman–Crippen LogP) is 5.22. The van der Waals surface area contributed by atoms with Gasteiger partial charge in [-0.2, -0.15) is 0 Å². The van der Waals surface area contributed by atoms with E-state index in [2.05, 4.69) is 28.9 Å². The molecule has 0 fully saturated rings. The fourth-order valence-corrected chi connectivity index (χ4v) is 2.67. The summed E-state index contributed by atoms with van der Waals surface area (Å²) in [5, 5.41) is 0. The first-order valence-electron chi connectivity index (χ1n) is 6.70. The molecule has 0 spiro atoms. The maximum Gasteiger partial charge on any atom is 0.193 e. The first-order valence-corrected chi connectivity index (χ1v) is 7.50. The molecule has 2 aromatic carbocycles. The molecule has 0 aliphatic heterocycles. The van der Waals surface area contributed by atoms with Gasteiger partial charge < -0.3 is 0 Å². The molecule has 0 aliphatic carbocycles. The molecule has 0 saturated carbocycles. The summed E-state index contributed by atoms with van der Waals surface area (Å²) in [6, 6.07) is 7.99. The summed E-state index contributed by atoms with van der Waals surface area (Å²) in [7, 11) is 0. The Morgan fingerprint density at radius 1 is 0.750 bits per heavy atom. The van der Waals surface area contributed by atoms with Crippen LogP contribution in [0.1, 0.15) is 43.7 Å². The maximum absolute atomic E-state index is 12.7. The van der Waals surface area contributed by atoms with E-state index in [1.54, 1.807) is 0 Å². The molecule has 104 valence electrons. The van der Waals surface area contributed by atoms with Crippen LogP contribution in [0.25, 0.3) is 0 Å². The van der Waals surface area contributed by atoms with E-state index >= 15 is 0 Å². The number of rotatable bonds is 2. The predicted molar refractivity (Wildman–Crippen MR) is 87.7 cm³/mol. The highest BCUT2D eigenvalue weighted by Gasteiger charge is 2.15. The van der Waals surface area contributed by atoms with Crippen molar-refractivity contribution >= 4 is 21.7 Å². The van der Waals surface area contributed by atoms with Crippen LogP contribution in [-0.2, 0) is 0 Å². The summed E-state index contributed by atoms with van der Waals surface area (Å²) >= 11 is 3.54. The smallest absolute Gasteiger partial charge is 0.193 e. The van der Waals surface area contributed by atoms with Crippen molar-refractivity contribution in [2.45, 2.75) is 34.6 Å². The van der Waals surface area contributed by atoms with Gasteiger partial charge in [0.05, 0.1) is 0 Å². The summed E-state index contributed by atoms with van der Waals surface area (Å²) < 4.78 is 1.07. The molecule has 2 heteroatoms. The van der Waals surface area contributed by atoms with Crippen molar-refractivity contribution in [2.75, 3.05) is 0 Å². The van der Waals surface area contributed by atoms with Gasteiger partial charge in [-0.3, -0.25) is 4.79 Å². The largest absolute Gasteiger partial charge is 0.289 e. The van der Waals surface area contributed by atoms with Gasteiger partial charge in [0.1, 0.15) is 0 Å². The van der Waals surface area contributed by atoms with Crippen molar-refractivity contribution in [2.24, 2.45) is 0 Å². The monoisotopic (exact) mass is 330 g/mol. The molecule has 0 aliphatic rings. The third-order valence-electron chi connectivity index (χ3n) is 3.78. The molecule has 0 saturated heterocycles. The summed E-state index contributed by atoms with van der Waals surface area (Å²) in [6.07, 6.45) is 0. The number of carbonyl (C=O) groups is 1. The highest BCUT2D eigenvalue weighted by Crippen LogP contribution is 2.25. The number of hydrogen-bond donors (Lipinski definition) is 0. The number of aryl methyl sites for hydroxylation is 5. The molecule has 0 unspecified atom stereocenters. The molecular weight excluding hydrogens is 312 g/mol. The van der Waals surface area contributed by atoms with Crippen LogP contribution in [0.5, 0.6) is 0 Å². The van der Waals surface area contributed by atoms with Gasteiger partial charge in [0.2, 0.25) is 0 Å². The molecule has 0 N–H and O–H groups in total. The maximum atomic E-state index is 12.7. The lowest BCUT2D eigenvalue weighted by Crippen LogP contribution is -2.06. The van der Waals surface area contributed by atoms with Crippen molar-refractivity contribution in [3.8, 4) is 0 Å². The van der Waals surface area contributed by atoms with Crippen molar-refractivity contribution in [1.82, 2.24) is 0 Å². The minimum atomic E-state index is 0.101. The first-order chi connectivity index (χ1) is 9.31. The summed E-state index contributed by atoms with van der Waals surface area (Å²) in [6.45, 7) is 10.1. The van der Waals surface area contributed by atoms with E-state index in [4.69, 9.17) is 0 Å². The van der Waals surface area contributed by atoms with Crippen molar-refractivity contribution in [1.29, 1.82) is 0 Å². The van der Waals surface area contributed by atoms with Crippen LogP contribution in [-0.4, -0.2) is 5.78 Å². The van der Waals surface area contributed by atoms with Gasteiger partial charge >= 0.3 is 0 Å². The fraction of sp³-hybridized carbons (Fsp3) is 0.278. The van der Waals surface area contributed by atoms with Crippen molar-refractivity contribution < 1.29 is 4.79 Å². The third-order valence-corrected chi connectivity index (χ3v) is 5.03. The minimum absolute atomic E-state index is 0.101. The van der Waals surface area contributed by atoms with E-state index < -0.39 is 0 Å². The Morgan fingerprint density at radius 3 is 1.80 bits per heavy atom. The third kappa shape index (κ3) is 2.71. The average molecular weight is 331 g/mol. The number of benzene rings is 2. The normalized spacial score (nSPS) is 10.7. The quantitative estimate of drug-likeness (QED) is 0.689. The zero-order chi connectivity index (χ0) is 15.0. The lowest BCUT2D eigenvalue weighted by molar-refractivity contribution is 0.103. The van der Waals surface area contributed by atoms with Gasteiger partial charge in [0.25, 0.3) is 0 Å². The number of hydrogen-bond acceptors (Lipinski definition) is 1. The van der Waals surface area contributed by atoms with Crippen molar-refractivity contribution in [3.63, 3.8) is 0 Å². The summed E-state index contributed by atoms with van der Waals surface area (Å²) in [4.78, 5) is 12.7. The zero-order valence-corrected chi connectivity index (χ0v) is 14.2. The molecule has 0 amide bonds. The molecule has 1 nitrogen and oxygen atoms in total. The molecule has 0 atom stereocenters. The second-order valence-corrected chi connectivity index (χ2v) is 6.30. The van der Waals surface area contributed by atoms with Gasteiger partial charge in [0, 0.05) is 15.6 Å². The van der Waals surface area contributed by atoms with Crippen molar-refractivity contribution in [3.05, 3.63) is 67.7 Å².